The largest absolute Gasteiger partial charge is 0.507 e. The summed E-state index contributed by atoms with van der Waals surface area (Å²) in [6.07, 6.45) is 0.769. The summed E-state index contributed by atoms with van der Waals surface area (Å²) in [6, 6.07) is 13.8. The van der Waals surface area contributed by atoms with E-state index in [1.165, 1.54) is 27.6 Å². The fourth-order valence-corrected chi connectivity index (χ4v) is 6.57. The van der Waals surface area contributed by atoms with Gasteiger partial charge in [0.1, 0.15) is 29.4 Å². The third kappa shape index (κ3) is 3.66. The number of carbonyl (C=O) groups excluding carboxylic acids is 2. The van der Waals surface area contributed by atoms with Crippen molar-refractivity contribution < 1.29 is 24.2 Å². The molecular formula is C27H22N2O5S2. The number of ether oxygens (including phenoxy) is 2. The number of thiazole rings is 1. The van der Waals surface area contributed by atoms with Gasteiger partial charge in [-0.3, -0.25) is 14.5 Å². The van der Waals surface area contributed by atoms with E-state index in [1.54, 1.807) is 12.1 Å². The average molecular weight is 519 g/mol. The molecule has 2 unspecified atom stereocenters. The summed E-state index contributed by atoms with van der Waals surface area (Å²) in [7, 11) is 0. The normalized spacial score (nSPS) is 20.7. The molecule has 0 radical (unpaired) electrons. The molecule has 0 bridgehead atoms. The SMILES string of the molecule is CCOc1ccc2nc(N3C(=O)C(=O)C(=C(O)c4ccc5c(c4)CC(C)O5)C3c3cccs3)sc2c1. The number of benzene rings is 2. The minimum Gasteiger partial charge on any atom is -0.507 e. The number of aliphatic hydroxyl groups is 1. The Kier molecular flexibility index (Phi) is 5.54. The highest BCUT2D eigenvalue weighted by atomic mass is 32.1. The second-order valence-corrected chi connectivity index (χ2v) is 10.7. The summed E-state index contributed by atoms with van der Waals surface area (Å²) in [4.78, 5) is 33.6. The maximum Gasteiger partial charge on any atom is 0.301 e. The molecule has 4 heterocycles. The van der Waals surface area contributed by atoms with Gasteiger partial charge < -0.3 is 14.6 Å². The van der Waals surface area contributed by atoms with Gasteiger partial charge in [-0.25, -0.2) is 4.98 Å². The second-order valence-electron chi connectivity index (χ2n) is 8.70. The quantitative estimate of drug-likeness (QED) is 0.207. The molecule has 182 valence electrons. The van der Waals surface area contributed by atoms with E-state index < -0.39 is 17.7 Å². The highest BCUT2D eigenvalue weighted by Gasteiger charge is 2.48. The summed E-state index contributed by atoms with van der Waals surface area (Å²) >= 11 is 2.73. The molecule has 1 amide bonds. The number of aliphatic hydroxyl groups excluding tert-OH is 1. The molecule has 2 aromatic heterocycles. The Labute approximate surface area is 215 Å². The number of nitrogens with zero attached hydrogens (tertiary/aromatic N) is 2. The fourth-order valence-electron chi connectivity index (χ4n) is 4.72. The molecule has 9 heteroatoms. The maximum atomic E-state index is 13.4. The van der Waals surface area contributed by atoms with Crippen LogP contribution in [-0.4, -0.2) is 34.5 Å². The number of amides is 1. The molecule has 0 spiro atoms. The number of aromatic nitrogens is 1. The average Bonchev–Trinajstić information content (AvgIpc) is 3.64. The first-order valence-corrected chi connectivity index (χ1v) is 13.3. The van der Waals surface area contributed by atoms with Crippen LogP contribution in [0.1, 0.15) is 35.9 Å². The highest BCUT2D eigenvalue weighted by molar-refractivity contribution is 7.22. The maximum absolute atomic E-state index is 13.4. The van der Waals surface area contributed by atoms with Gasteiger partial charge in [0, 0.05) is 16.9 Å². The van der Waals surface area contributed by atoms with E-state index in [0.29, 0.717) is 35.0 Å². The van der Waals surface area contributed by atoms with Crippen molar-refractivity contribution in [1.29, 1.82) is 0 Å². The predicted molar refractivity (Wildman–Crippen MR) is 140 cm³/mol. The van der Waals surface area contributed by atoms with Crippen LogP contribution in [0.2, 0.25) is 0 Å². The lowest BCUT2D eigenvalue weighted by Crippen LogP contribution is -2.28. The number of carbonyl (C=O) groups is 2. The molecule has 4 aromatic rings. The number of hydrogen-bond acceptors (Lipinski definition) is 8. The second kappa shape index (κ2) is 8.76. The molecule has 0 saturated carbocycles. The Hall–Kier alpha value is -3.69. The summed E-state index contributed by atoms with van der Waals surface area (Å²) in [6.45, 7) is 4.44. The Morgan fingerprint density at radius 1 is 1.22 bits per heavy atom. The van der Waals surface area contributed by atoms with E-state index in [4.69, 9.17) is 9.47 Å². The molecule has 6 rings (SSSR count). The standard InChI is InChI=1S/C27H22N2O5S2/c1-3-33-17-7-8-18-21(13-17)36-27(28-18)29-23(20-5-4-10-35-20)22(25(31)26(29)32)24(30)15-6-9-19-16(12-15)11-14(2)34-19/h4-10,12-14,23,30H,3,11H2,1-2H3. The molecule has 2 aliphatic heterocycles. The molecule has 0 aliphatic carbocycles. The fraction of sp³-hybridized carbons (Fsp3) is 0.222. The van der Waals surface area contributed by atoms with Crippen molar-refractivity contribution in [2.45, 2.75) is 32.4 Å². The summed E-state index contributed by atoms with van der Waals surface area (Å²) in [5.74, 6) is -0.152. The van der Waals surface area contributed by atoms with Gasteiger partial charge in [-0.05, 0) is 67.3 Å². The van der Waals surface area contributed by atoms with E-state index in [9.17, 15) is 14.7 Å². The van der Waals surface area contributed by atoms with E-state index in [2.05, 4.69) is 4.98 Å². The molecule has 2 aliphatic rings. The molecule has 1 fully saturated rings. The zero-order valence-corrected chi connectivity index (χ0v) is 21.2. The topological polar surface area (TPSA) is 89.0 Å². The molecule has 7 nitrogen and oxygen atoms in total. The number of anilines is 1. The van der Waals surface area contributed by atoms with Crippen molar-refractivity contribution in [3.05, 3.63) is 75.5 Å². The third-order valence-electron chi connectivity index (χ3n) is 6.29. The number of thiophene rings is 1. The molecule has 2 atom stereocenters. The van der Waals surface area contributed by atoms with Crippen LogP contribution in [-0.2, 0) is 16.0 Å². The molecule has 1 saturated heterocycles. The first-order chi connectivity index (χ1) is 17.4. The van der Waals surface area contributed by atoms with Gasteiger partial charge in [-0.1, -0.05) is 17.4 Å². The van der Waals surface area contributed by atoms with Crippen LogP contribution < -0.4 is 14.4 Å². The van der Waals surface area contributed by atoms with Gasteiger partial charge in [0.05, 0.1) is 22.4 Å². The number of fused-ring (bicyclic) bond motifs is 2. The van der Waals surface area contributed by atoms with Crippen LogP contribution in [0.4, 0.5) is 5.13 Å². The number of Topliss-reactive ketones (excluding diaryl/α,β-unsaturated/α-hetero) is 1. The van der Waals surface area contributed by atoms with Crippen LogP contribution in [0.15, 0.2) is 59.5 Å². The Bertz CT molecular complexity index is 1540. The van der Waals surface area contributed by atoms with Crippen LogP contribution in [0.25, 0.3) is 16.0 Å². The van der Waals surface area contributed by atoms with Gasteiger partial charge >= 0.3 is 5.91 Å². The van der Waals surface area contributed by atoms with E-state index in [-0.39, 0.29) is 17.4 Å². The Morgan fingerprint density at radius 3 is 2.86 bits per heavy atom. The van der Waals surface area contributed by atoms with Crippen molar-refractivity contribution >= 4 is 55.5 Å². The van der Waals surface area contributed by atoms with Gasteiger partial charge in [-0.15, -0.1) is 11.3 Å². The van der Waals surface area contributed by atoms with Crippen LogP contribution in [0, 0.1) is 0 Å². The lowest BCUT2D eigenvalue weighted by atomic mass is 9.98. The van der Waals surface area contributed by atoms with Crippen molar-refractivity contribution in [2.75, 3.05) is 11.5 Å². The summed E-state index contributed by atoms with van der Waals surface area (Å²) < 4.78 is 12.2. The monoisotopic (exact) mass is 518 g/mol. The van der Waals surface area contributed by atoms with Crippen molar-refractivity contribution in [1.82, 2.24) is 4.98 Å². The zero-order valence-electron chi connectivity index (χ0n) is 19.6. The molecular weight excluding hydrogens is 496 g/mol. The molecule has 2 aromatic carbocycles. The predicted octanol–water partition coefficient (Wildman–Crippen LogP) is 5.71. The number of rotatable bonds is 5. The first kappa shape index (κ1) is 22.8. The lowest BCUT2D eigenvalue weighted by molar-refractivity contribution is -0.132. The molecule has 36 heavy (non-hydrogen) atoms. The van der Waals surface area contributed by atoms with Gasteiger partial charge in [0.2, 0.25) is 0 Å². The summed E-state index contributed by atoms with van der Waals surface area (Å²) in [5, 5.41) is 13.7. The Morgan fingerprint density at radius 2 is 2.08 bits per heavy atom. The van der Waals surface area contributed by atoms with Crippen LogP contribution in [0.5, 0.6) is 11.5 Å². The highest BCUT2D eigenvalue weighted by Crippen LogP contribution is 2.46. The van der Waals surface area contributed by atoms with E-state index in [1.807, 2.05) is 55.6 Å². The van der Waals surface area contributed by atoms with E-state index in [0.717, 1.165) is 20.9 Å². The van der Waals surface area contributed by atoms with Gasteiger partial charge in [0.15, 0.2) is 5.13 Å². The van der Waals surface area contributed by atoms with Gasteiger partial charge in [0.25, 0.3) is 5.78 Å². The number of ketones is 1. The lowest BCUT2D eigenvalue weighted by Gasteiger charge is -2.21. The van der Waals surface area contributed by atoms with Crippen LogP contribution >= 0.6 is 22.7 Å². The summed E-state index contributed by atoms with van der Waals surface area (Å²) in [5.41, 5.74) is 2.21. The zero-order chi connectivity index (χ0) is 25.0. The smallest absolute Gasteiger partial charge is 0.301 e. The minimum atomic E-state index is -0.777. The minimum absolute atomic E-state index is 0.0522. The third-order valence-corrected chi connectivity index (χ3v) is 8.23. The van der Waals surface area contributed by atoms with Crippen molar-refractivity contribution in [3.8, 4) is 11.5 Å². The first-order valence-electron chi connectivity index (χ1n) is 11.6. The Balaban J connectivity index is 1.48. The van der Waals surface area contributed by atoms with Crippen LogP contribution in [0.3, 0.4) is 0 Å². The molecule has 1 N–H and O–H groups in total. The number of hydrogen-bond donors (Lipinski definition) is 1. The van der Waals surface area contributed by atoms with E-state index >= 15 is 0 Å². The van der Waals surface area contributed by atoms with Crippen molar-refractivity contribution in [3.63, 3.8) is 0 Å². The van der Waals surface area contributed by atoms with Crippen molar-refractivity contribution in [2.24, 2.45) is 0 Å². The van der Waals surface area contributed by atoms with Gasteiger partial charge in [-0.2, -0.15) is 0 Å².